The monoisotopic (exact) mass is 272 g/mol. The number of hydrogen-bond donors (Lipinski definition) is 1. The molecule has 2 aromatic carbocycles. The van der Waals surface area contributed by atoms with Crippen LogP contribution < -0.4 is 0 Å². The summed E-state index contributed by atoms with van der Waals surface area (Å²) in [5.74, 6) is -0.0492. The molecular formula is C13H8ClF3O. The molecule has 0 heterocycles. The van der Waals surface area contributed by atoms with Crippen molar-refractivity contribution in [2.75, 3.05) is 0 Å². The van der Waals surface area contributed by atoms with E-state index in [1.54, 1.807) is 0 Å². The van der Waals surface area contributed by atoms with Crippen LogP contribution in [0.4, 0.5) is 13.2 Å². The molecule has 0 aliphatic rings. The standard InChI is InChI=1S/C13H8ClF3O/c14-12-5-4-10(18)7-11(12)8-2-1-3-9(6-8)13(15,16)17/h1-7,18H. The van der Waals surface area contributed by atoms with Crippen molar-refractivity contribution in [3.8, 4) is 16.9 Å². The van der Waals surface area contributed by atoms with Crippen molar-refractivity contribution in [2.45, 2.75) is 6.18 Å². The summed E-state index contributed by atoms with van der Waals surface area (Å²) in [4.78, 5) is 0. The van der Waals surface area contributed by atoms with E-state index in [4.69, 9.17) is 11.6 Å². The number of hydrogen-bond acceptors (Lipinski definition) is 1. The van der Waals surface area contributed by atoms with Crippen LogP contribution in [-0.2, 0) is 6.18 Å². The van der Waals surface area contributed by atoms with Gasteiger partial charge in [0.2, 0.25) is 0 Å². The lowest BCUT2D eigenvalue weighted by Gasteiger charge is -2.10. The van der Waals surface area contributed by atoms with Gasteiger partial charge in [0.15, 0.2) is 0 Å². The SMILES string of the molecule is Oc1ccc(Cl)c(-c2cccc(C(F)(F)F)c2)c1. The van der Waals surface area contributed by atoms with Crippen LogP contribution in [0.5, 0.6) is 5.75 Å². The van der Waals surface area contributed by atoms with Crippen molar-refractivity contribution in [3.05, 3.63) is 53.1 Å². The molecule has 18 heavy (non-hydrogen) atoms. The van der Waals surface area contributed by atoms with E-state index in [9.17, 15) is 18.3 Å². The number of phenolic OH excluding ortho intramolecular Hbond substituents is 1. The van der Waals surface area contributed by atoms with Gasteiger partial charge in [0.25, 0.3) is 0 Å². The van der Waals surface area contributed by atoms with Crippen LogP contribution in [-0.4, -0.2) is 5.11 Å². The zero-order chi connectivity index (χ0) is 13.3. The summed E-state index contributed by atoms with van der Waals surface area (Å²) >= 11 is 5.90. The van der Waals surface area contributed by atoms with Gasteiger partial charge in [0.05, 0.1) is 5.56 Å². The molecule has 0 aromatic heterocycles. The second-order valence-electron chi connectivity index (χ2n) is 3.74. The van der Waals surface area contributed by atoms with Gasteiger partial charge in [-0.25, -0.2) is 0 Å². The maximum atomic E-state index is 12.6. The average Bonchev–Trinajstić information content (AvgIpc) is 2.31. The lowest BCUT2D eigenvalue weighted by molar-refractivity contribution is -0.137. The topological polar surface area (TPSA) is 20.2 Å². The summed E-state index contributed by atoms with van der Waals surface area (Å²) in [6.07, 6.45) is -4.40. The molecule has 0 fully saturated rings. The van der Waals surface area contributed by atoms with E-state index < -0.39 is 11.7 Å². The summed E-state index contributed by atoms with van der Waals surface area (Å²) in [5, 5.41) is 9.63. The van der Waals surface area contributed by atoms with Gasteiger partial charge in [-0.1, -0.05) is 23.7 Å². The highest BCUT2D eigenvalue weighted by Gasteiger charge is 2.30. The summed E-state index contributed by atoms with van der Waals surface area (Å²) in [7, 11) is 0. The molecule has 5 heteroatoms. The quantitative estimate of drug-likeness (QED) is 0.795. The number of benzene rings is 2. The summed E-state index contributed by atoms with van der Waals surface area (Å²) in [6, 6.07) is 8.94. The van der Waals surface area contributed by atoms with E-state index in [0.717, 1.165) is 12.1 Å². The lowest BCUT2D eigenvalue weighted by Crippen LogP contribution is -2.04. The van der Waals surface area contributed by atoms with E-state index in [2.05, 4.69) is 0 Å². The minimum atomic E-state index is -4.40. The largest absolute Gasteiger partial charge is 0.508 e. The van der Waals surface area contributed by atoms with Crippen LogP contribution in [0.25, 0.3) is 11.1 Å². The zero-order valence-corrected chi connectivity index (χ0v) is 9.76. The third-order valence-electron chi connectivity index (χ3n) is 2.45. The van der Waals surface area contributed by atoms with Gasteiger partial charge in [-0.3, -0.25) is 0 Å². The van der Waals surface area contributed by atoms with Crippen molar-refractivity contribution in [1.82, 2.24) is 0 Å². The Labute approximate surface area is 106 Å². The number of phenols is 1. The summed E-state index contributed by atoms with van der Waals surface area (Å²) in [5.41, 5.74) is -0.0760. The highest BCUT2D eigenvalue weighted by atomic mass is 35.5. The van der Waals surface area contributed by atoms with Crippen LogP contribution in [0.15, 0.2) is 42.5 Å². The van der Waals surface area contributed by atoms with Crippen molar-refractivity contribution < 1.29 is 18.3 Å². The number of halogens is 4. The molecule has 0 bridgehead atoms. The molecule has 0 unspecified atom stereocenters. The van der Waals surface area contributed by atoms with Crippen molar-refractivity contribution in [3.63, 3.8) is 0 Å². The van der Waals surface area contributed by atoms with Crippen LogP contribution in [0.3, 0.4) is 0 Å². The van der Waals surface area contributed by atoms with Gasteiger partial charge in [-0.05, 0) is 35.9 Å². The van der Waals surface area contributed by atoms with E-state index in [-0.39, 0.29) is 10.8 Å². The highest BCUT2D eigenvalue weighted by molar-refractivity contribution is 6.33. The normalized spacial score (nSPS) is 11.6. The molecule has 0 aliphatic carbocycles. The smallest absolute Gasteiger partial charge is 0.416 e. The predicted molar refractivity (Wildman–Crippen MR) is 63.6 cm³/mol. The molecule has 0 atom stereocenters. The van der Waals surface area contributed by atoms with E-state index in [0.29, 0.717) is 11.1 Å². The molecule has 0 radical (unpaired) electrons. The molecular weight excluding hydrogens is 265 g/mol. The zero-order valence-electron chi connectivity index (χ0n) is 9.00. The first-order valence-electron chi connectivity index (χ1n) is 5.04. The van der Waals surface area contributed by atoms with Crippen molar-refractivity contribution >= 4 is 11.6 Å². The van der Waals surface area contributed by atoms with Gasteiger partial charge >= 0.3 is 6.18 Å². The van der Waals surface area contributed by atoms with Crippen molar-refractivity contribution in [2.24, 2.45) is 0 Å². The van der Waals surface area contributed by atoms with Crippen LogP contribution in [0.2, 0.25) is 5.02 Å². The summed E-state index contributed by atoms with van der Waals surface area (Å²) < 4.78 is 37.7. The van der Waals surface area contributed by atoms with Gasteiger partial charge in [-0.15, -0.1) is 0 Å². The van der Waals surface area contributed by atoms with E-state index in [1.807, 2.05) is 0 Å². The van der Waals surface area contributed by atoms with Gasteiger partial charge in [0, 0.05) is 10.6 Å². The first kappa shape index (κ1) is 12.8. The Bertz CT molecular complexity index is 579. The number of aromatic hydroxyl groups is 1. The maximum Gasteiger partial charge on any atom is 0.416 e. The molecule has 0 aliphatic heterocycles. The van der Waals surface area contributed by atoms with Crippen LogP contribution in [0.1, 0.15) is 5.56 Å². The number of alkyl halides is 3. The Hall–Kier alpha value is -1.68. The molecule has 1 nitrogen and oxygen atoms in total. The third kappa shape index (κ3) is 2.59. The van der Waals surface area contributed by atoms with Crippen LogP contribution in [0, 0.1) is 0 Å². The Kier molecular flexibility index (Phi) is 3.22. The van der Waals surface area contributed by atoms with Gasteiger partial charge in [-0.2, -0.15) is 13.2 Å². The first-order chi connectivity index (χ1) is 8.38. The predicted octanol–water partition coefficient (Wildman–Crippen LogP) is 4.73. The maximum absolute atomic E-state index is 12.6. The molecule has 1 N–H and O–H groups in total. The minimum absolute atomic E-state index is 0.0492. The lowest BCUT2D eigenvalue weighted by atomic mass is 10.0. The highest BCUT2D eigenvalue weighted by Crippen LogP contribution is 2.35. The van der Waals surface area contributed by atoms with Crippen LogP contribution >= 0.6 is 11.6 Å². The fourth-order valence-corrected chi connectivity index (χ4v) is 1.82. The third-order valence-corrected chi connectivity index (χ3v) is 2.78. The second kappa shape index (κ2) is 4.53. The molecule has 2 aromatic rings. The minimum Gasteiger partial charge on any atom is -0.508 e. The second-order valence-corrected chi connectivity index (χ2v) is 4.15. The Balaban J connectivity index is 2.55. The molecule has 94 valence electrons. The first-order valence-corrected chi connectivity index (χ1v) is 5.42. The molecule has 0 saturated carbocycles. The molecule has 0 spiro atoms. The van der Waals surface area contributed by atoms with Gasteiger partial charge < -0.3 is 5.11 Å². The van der Waals surface area contributed by atoms with Crippen molar-refractivity contribution in [1.29, 1.82) is 0 Å². The van der Waals surface area contributed by atoms with E-state index >= 15 is 0 Å². The Morgan fingerprint density at radius 1 is 1.00 bits per heavy atom. The Morgan fingerprint density at radius 2 is 1.72 bits per heavy atom. The fourth-order valence-electron chi connectivity index (χ4n) is 1.60. The summed E-state index contributed by atoms with van der Waals surface area (Å²) in [6.45, 7) is 0. The molecule has 0 amide bonds. The molecule has 2 rings (SSSR count). The average molecular weight is 273 g/mol. The number of rotatable bonds is 1. The fraction of sp³-hybridized carbons (Fsp3) is 0.0769. The van der Waals surface area contributed by atoms with Gasteiger partial charge in [0.1, 0.15) is 5.75 Å². The van der Waals surface area contributed by atoms with E-state index in [1.165, 1.54) is 30.3 Å². The Morgan fingerprint density at radius 3 is 2.39 bits per heavy atom. The molecule has 0 saturated heterocycles.